The molecule has 1 saturated heterocycles. The molecule has 2 aromatic heterocycles. The molecule has 0 bridgehead atoms. The summed E-state index contributed by atoms with van der Waals surface area (Å²) in [7, 11) is 5.61. The van der Waals surface area contributed by atoms with E-state index in [1.165, 1.54) is 5.56 Å². The SMILES string of the molecule is COc1ccc(N(C)c2nc3nc(N(C)c4ccc(C)cc4)nc(N4CCOCC4)c3[nH]2)cc1. The van der Waals surface area contributed by atoms with Crippen molar-refractivity contribution < 1.29 is 9.47 Å². The van der Waals surface area contributed by atoms with Gasteiger partial charge in [-0.15, -0.1) is 0 Å². The van der Waals surface area contributed by atoms with Gasteiger partial charge in [0.05, 0.1) is 20.3 Å². The number of hydrogen-bond donors (Lipinski definition) is 1. The molecule has 2 aromatic carbocycles. The van der Waals surface area contributed by atoms with Crippen LogP contribution in [0.15, 0.2) is 48.5 Å². The van der Waals surface area contributed by atoms with Gasteiger partial charge in [0.15, 0.2) is 11.5 Å². The molecule has 1 aliphatic rings. The lowest BCUT2D eigenvalue weighted by molar-refractivity contribution is 0.122. The number of ether oxygens (including phenoxy) is 2. The van der Waals surface area contributed by atoms with E-state index < -0.39 is 0 Å². The minimum atomic E-state index is 0.600. The number of imidazole rings is 1. The molecule has 9 nitrogen and oxygen atoms in total. The molecule has 1 fully saturated rings. The van der Waals surface area contributed by atoms with Gasteiger partial charge in [0, 0.05) is 38.6 Å². The van der Waals surface area contributed by atoms with Crippen molar-refractivity contribution in [2.45, 2.75) is 6.92 Å². The number of aryl methyl sites for hydroxylation is 1. The first kappa shape index (κ1) is 22.0. The van der Waals surface area contributed by atoms with Gasteiger partial charge in [-0.05, 0) is 43.3 Å². The Morgan fingerprint density at radius 1 is 0.882 bits per heavy atom. The zero-order valence-corrected chi connectivity index (χ0v) is 19.9. The number of methoxy groups -OCH3 is 1. The Bertz CT molecular complexity index is 1270. The number of morpholine rings is 1. The van der Waals surface area contributed by atoms with Crippen LogP contribution in [0.2, 0.25) is 0 Å². The summed E-state index contributed by atoms with van der Waals surface area (Å²) >= 11 is 0. The van der Waals surface area contributed by atoms with Gasteiger partial charge < -0.3 is 29.2 Å². The molecule has 0 saturated carbocycles. The molecular formula is C25H29N7O2. The maximum absolute atomic E-state index is 5.57. The van der Waals surface area contributed by atoms with Crippen LogP contribution in [0, 0.1) is 6.92 Å². The van der Waals surface area contributed by atoms with Gasteiger partial charge >= 0.3 is 0 Å². The highest BCUT2D eigenvalue weighted by atomic mass is 16.5. The lowest BCUT2D eigenvalue weighted by atomic mass is 10.2. The molecule has 3 heterocycles. The number of benzene rings is 2. The fraction of sp³-hybridized carbons (Fsp3) is 0.320. The Hall–Kier alpha value is -3.85. The van der Waals surface area contributed by atoms with Crippen molar-refractivity contribution in [3.8, 4) is 5.75 Å². The van der Waals surface area contributed by atoms with E-state index in [1.54, 1.807) is 7.11 Å². The zero-order valence-electron chi connectivity index (χ0n) is 19.9. The van der Waals surface area contributed by atoms with Crippen molar-refractivity contribution in [2.75, 3.05) is 62.2 Å². The number of nitrogens with zero attached hydrogens (tertiary/aromatic N) is 6. The summed E-state index contributed by atoms with van der Waals surface area (Å²) in [4.78, 5) is 24.3. The molecule has 0 spiro atoms. The van der Waals surface area contributed by atoms with E-state index in [-0.39, 0.29) is 0 Å². The normalized spacial score (nSPS) is 13.8. The van der Waals surface area contributed by atoms with Crippen LogP contribution < -0.4 is 19.4 Å². The molecular weight excluding hydrogens is 430 g/mol. The monoisotopic (exact) mass is 459 g/mol. The summed E-state index contributed by atoms with van der Waals surface area (Å²) in [5.41, 5.74) is 4.65. The highest BCUT2D eigenvalue weighted by Crippen LogP contribution is 2.32. The molecule has 4 aromatic rings. The fourth-order valence-corrected chi connectivity index (χ4v) is 3.98. The quantitative estimate of drug-likeness (QED) is 0.463. The Labute approximate surface area is 199 Å². The summed E-state index contributed by atoms with van der Waals surface area (Å²) in [6.07, 6.45) is 0. The molecule has 0 aliphatic carbocycles. The van der Waals surface area contributed by atoms with Crippen LogP contribution in [0.5, 0.6) is 5.75 Å². The number of nitrogens with one attached hydrogen (secondary N) is 1. The Kier molecular flexibility index (Phi) is 5.93. The van der Waals surface area contributed by atoms with Crippen LogP contribution in [-0.4, -0.2) is 67.4 Å². The van der Waals surface area contributed by atoms with Crippen LogP contribution >= 0.6 is 0 Å². The van der Waals surface area contributed by atoms with Crippen molar-refractivity contribution >= 4 is 40.3 Å². The van der Waals surface area contributed by atoms with Gasteiger partial charge in [0.2, 0.25) is 11.9 Å². The van der Waals surface area contributed by atoms with Crippen molar-refractivity contribution in [1.29, 1.82) is 0 Å². The second-order valence-electron chi connectivity index (χ2n) is 8.36. The van der Waals surface area contributed by atoms with Crippen LogP contribution in [-0.2, 0) is 4.74 Å². The van der Waals surface area contributed by atoms with Gasteiger partial charge in [-0.3, -0.25) is 0 Å². The minimum absolute atomic E-state index is 0.600. The topological polar surface area (TPSA) is 82.6 Å². The van der Waals surface area contributed by atoms with Gasteiger partial charge in [0.1, 0.15) is 11.3 Å². The first-order valence-electron chi connectivity index (χ1n) is 11.3. The lowest BCUT2D eigenvalue weighted by Gasteiger charge is -2.29. The zero-order chi connectivity index (χ0) is 23.7. The number of rotatable bonds is 6. The molecule has 0 radical (unpaired) electrons. The van der Waals surface area contributed by atoms with E-state index in [0.717, 1.165) is 41.5 Å². The standard InChI is InChI=1S/C25H29N7O2/c1-17-5-7-18(8-6-17)31(3)25-28-22-21(23(29-25)32-13-15-34-16-14-32)26-24(27-22)30(2)19-9-11-20(33-4)12-10-19/h5-12H,13-16H2,1-4H3,(H,26,27,28,29). The smallest absolute Gasteiger partial charge is 0.233 e. The van der Waals surface area contributed by atoms with Crippen LogP contribution in [0.4, 0.5) is 29.1 Å². The van der Waals surface area contributed by atoms with E-state index in [2.05, 4.69) is 41.1 Å². The minimum Gasteiger partial charge on any atom is -0.497 e. The van der Waals surface area contributed by atoms with Gasteiger partial charge in [-0.2, -0.15) is 15.0 Å². The second-order valence-corrected chi connectivity index (χ2v) is 8.36. The summed E-state index contributed by atoms with van der Waals surface area (Å²) < 4.78 is 10.9. The van der Waals surface area contributed by atoms with Crippen molar-refractivity contribution in [2.24, 2.45) is 0 Å². The molecule has 0 amide bonds. The summed E-state index contributed by atoms with van der Waals surface area (Å²) in [5.74, 6) is 2.94. The molecule has 1 aliphatic heterocycles. The first-order chi connectivity index (χ1) is 16.5. The summed E-state index contributed by atoms with van der Waals surface area (Å²) in [6.45, 7) is 4.95. The molecule has 5 rings (SSSR count). The van der Waals surface area contributed by atoms with Gasteiger partial charge in [-0.25, -0.2) is 0 Å². The highest BCUT2D eigenvalue weighted by Gasteiger charge is 2.23. The summed E-state index contributed by atoms with van der Waals surface area (Å²) in [5, 5.41) is 0. The summed E-state index contributed by atoms with van der Waals surface area (Å²) in [6, 6.07) is 16.2. The predicted molar refractivity (Wildman–Crippen MR) is 135 cm³/mol. The van der Waals surface area contributed by atoms with Gasteiger partial charge in [0.25, 0.3) is 0 Å². The molecule has 176 valence electrons. The van der Waals surface area contributed by atoms with Gasteiger partial charge in [-0.1, -0.05) is 17.7 Å². The van der Waals surface area contributed by atoms with Crippen molar-refractivity contribution in [3.05, 3.63) is 54.1 Å². The molecule has 0 atom stereocenters. The van der Waals surface area contributed by atoms with Crippen molar-refractivity contribution in [1.82, 2.24) is 19.9 Å². The highest BCUT2D eigenvalue weighted by molar-refractivity contribution is 5.87. The van der Waals surface area contributed by atoms with E-state index in [0.29, 0.717) is 30.8 Å². The first-order valence-corrected chi connectivity index (χ1v) is 11.3. The Balaban J connectivity index is 1.57. The van der Waals surface area contributed by atoms with Crippen LogP contribution in [0.1, 0.15) is 5.56 Å². The number of fused-ring (bicyclic) bond motifs is 1. The third-order valence-electron chi connectivity index (χ3n) is 6.12. The maximum Gasteiger partial charge on any atom is 0.233 e. The van der Waals surface area contributed by atoms with E-state index >= 15 is 0 Å². The Morgan fingerprint density at radius 2 is 1.53 bits per heavy atom. The molecule has 34 heavy (non-hydrogen) atoms. The average molecular weight is 460 g/mol. The van der Waals surface area contributed by atoms with Crippen LogP contribution in [0.3, 0.4) is 0 Å². The number of hydrogen-bond acceptors (Lipinski definition) is 8. The lowest BCUT2D eigenvalue weighted by Crippen LogP contribution is -2.37. The number of aromatic amines is 1. The average Bonchev–Trinajstić information content (AvgIpc) is 3.32. The maximum atomic E-state index is 5.57. The number of anilines is 5. The fourth-order valence-electron chi connectivity index (χ4n) is 3.98. The van der Waals surface area contributed by atoms with Crippen LogP contribution in [0.25, 0.3) is 11.2 Å². The second kappa shape index (κ2) is 9.18. The van der Waals surface area contributed by atoms with E-state index in [1.807, 2.05) is 48.2 Å². The van der Waals surface area contributed by atoms with Crippen molar-refractivity contribution in [3.63, 3.8) is 0 Å². The third-order valence-corrected chi connectivity index (χ3v) is 6.12. The molecule has 9 heteroatoms. The van der Waals surface area contributed by atoms with E-state index in [9.17, 15) is 0 Å². The number of H-pyrrole nitrogens is 1. The predicted octanol–water partition coefficient (Wildman–Crippen LogP) is 4.04. The van der Waals surface area contributed by atoms with E-state index in [4.69, 9.17) is 24.4 Å². The molecule has 0 unspecified atom stereocenters. The largest absolute Gasteiger partial charge is 0.497 e. The Morgan fingerprint density at radius 3 is 2.21 bits per heavy atom. The third kappa shape index (κ3) is 4.22. The molecule has 1 N–H and O–H groups in total. The number of aromatic nitrogens is 4.